The molecule has 1 aromatic rings. The number of ether oxygens (including phenoxy) is 3. The molecular weight excluding hydrogens is 418 g/mol. The molecule has 2 rings (SSSR count). The summed E-state index contributed by atoms with van der Waals surface area (Å²) in [5.41, 5.74) is 3.30. The first-order valence-electron chi connectivity index (χ1n) is 10.4. The minimum absolute atomic E-state index is 0.0895. The molecule has 1 aliphatic heterocycles. The van der Waals surface area contributed by atoms with Crippen LogP contribution in [0.5, 0.6) is 11.5 Å². The third-order valence-corrected chi connectivity index (χ3v) is 7.45. The average Bonchev–Trinajstić information content (AvgIpc) is 2.75. The van der Waals surface area contributed by atoms with Crippen molar-refractivity contribution < 1.29 is 19.0 Å². The van der Waals surface area contributed by atoms with Crippen LogP contribution >= 0.6 is 23.5 Å². The van der Waals surface area contributed by atoms with Crippen LogP contribution in [0.4, 0.5) is 0 Å². The molecule has 5 nitrogen and oxygen atoms in total. The number of carbonyl (C=O) groups excluding carboxylic acids is 1. The Morgan fingerprint density at radius 1 is 1.43 bits per heavy atom. The topological polar surface area (TPSA) is 57.1 Å². The number of benzene rings is 1. The fourth-order valence-corrected chi connectivity index (χ4v) is 5.43. The zero-order chi connectivity index (χ0) is 22.1. The molecule has 0 radical (unpaired) electrons. The van der Waals surface area contributed by atoms with Gasteiger partial charge in [0.1, 0.15) is 11.5 Å². The van der Waals surface area contributed by atoms with Crippen LogP contribution in [0, 0.1) is 6.92 Å². The zero-order valence-corrected chi connectivity index (χ0v) is 20.5. The Morgan fingerprint density at radius 2 is 2.20 bits per heavy atom. The van der Waals surface area contributed by atoms with E-state index in [1.165, 1.54) is 12.7 Å². The predicted octanol–water partition coefficient (Wildman–Crippen LogP) is 5.47. The van der Waals surface area contributed by atoms with Crippen molar-refractivity contribution in [1.29, 1.82) is 0 Å². The molecule has 0 N–H and O–H groups in total. The Kier molecular flexibility index (Phi) is 10.1. The molecule has 0 saturated carbocycles. The van der Waals surface area contributed by atoms with Gasteiger partial charge in [-0.15, -0.1) is 23.5 Å². The Hall–Kier alpha value is -1.60. The number of aryl methyl sites for hydroxylation is 1. The lowest BCUT2D eigenvalue weighted by Crippen LogP contribution is -2.17. The molecule has 0 fully saturated rings. The highest BCUT2D eigenvalue weighted by atomic mass is 32.2. The highest BCUT2D eigenvalue weighted by Gasteiger charge is 2.23. The lowest BCUT2D eigenvalue weighted by molar-refractivity contribution is -0.142. The van der Waals surface area contributed by atoms with Gasteiger partial charge in [0.15, 0.2) is 6.61 Å². The molecule has 1 atom stereocenters. The summed E-state index contributed by atoms with van der Waals surface area (Å²) in [7, 11) is 1.37. The largest absolute Gasteiger partial charge is 0.492 e. The van der Waals surface area contributed by atoms with Gasteiger partial charge >= 0.3 is 5.97 Å². The van der Waals surface area contributed by atoms with Gasteiger partial charge in [-0.25, -0.2) is 4.79 Å². The van der Waals surface area contributed by atoms with E-state index in [0.717, 1.165) is 57.7 Å². The van der Waals surface area contributed by atoms with Crippen molar-refractivity contribution in [3.05, 3.63) is 28.8 Å². The fourth-order valence-electron chi connectivity index (χ4n) is 3.08. The van der Waals surface area contributed by atoms with Crippen LogP contribution in [0.3, 0.4) is 0 Å². The lowest BCUT2D eigenvalue weighted by Gasteiger charge is -2.25. The Balaban J connectivity index is 2.15. The van der Waals surface area contributed by atoms with E-state index < -0.39 is 0 Å². The van der Waals surface area contributed by atoms with Crippen molar-refractivity contribution >= 4 is 34.5 Å². The minimum Gasteiger partial charge on any atom is -0.492 e. The van der Waals surface area contributed by atoms with Gasteiger partial charge in [0.2, 0.25) is 0 Å². The third-order valence-electron chi connectivity index (χ3n) is 4.72. The van der Waals surface area contributed by atoms with Crippen molar-refractivity contribution in [3.8, 4) is 11.5 Å². The molecule has 30 heavy (non-hydrogen) atoms. The number of thioether (sulfide) groups is 2. The highest BCUT2D eigenvalue weighted by Crippen LogP contribution is 2.43. The number of rotatable bonds is 9. The number of allylic oxidation sites excluding steroid dienone is 1. The van der Waals surface area contributed by atoms with Crippen LogP contribution in [0.25, 0.3) is 0 Å². The SMILES string of the molecule is C/C=C(\C)C(=NCC)SC(C)CSc1cc(C)c(OCC(=O)OC)c2c1OCCC2. The molecule has 0 saturated heterocycles. The number of aliphatic imine (C=N–C) groups is 1. The number of carbonyl (C=O) groups is 1. The fraction of sp³-hybridized carbons (Fsp3) is 0.565. The Morgan fingerprint density at radius 3 is 2.87 bits per heavy atom. The Bertz CT molecular complexity index is 805. The minimum atomic E-state index is -0.384. The van der Waals surface area contributed by atoms with E-state index in [-0.39, 0.29) is 12.6 Å². The maximum atomic E-state index is 11.5. The van der Waals surface area contributed by atoms with Crippen molar-refractivity contribution in [3.63, 3.8) is 0 Å². The quantitative estimate of drug-likeness (QED) is 0.215. The average molecular weight is 452 g/mol. The van der Waals surface area contributed by atoms with E-state index in [9.17, 15) is 4.79 Å². The summed E-state index contributed by atoms with van der Waals surface area (Å²) in [6, 6.07) is 2.11. The van der Waals surface area contributed by atoms with E-state index in [2.05, 4.69) is 44.8 Å². The molecule has 0 spiro atoms. The molecule has 1 unspecified atom stereocenters. The van der Waals surface area contributed by atoms with Gasteiger partial charge < -0.3 is 14.2 Å². The number of hydrogen-bond donors (Lipinski definition) is 0. The van der Waals surface area contributed by atoms with Crippen LogP contribution in [0.15, 0.2) is 27.6 Å². The number of esters is 1. The highest BCUT2D eigenvalue weighted by molar-refractivity contribution is 8.15. The van der Waals surface area contributed by atoms with E-state index >= 15 is 0 Å². The van der Waals surface area contributed by atoms with Crippen LogP contribution in [-0.2, 0) is 16.0 Å². The molecule has 0 amide bonds. The molecule has 1 aliphatic rings. The summed E-state index contributed by atoms with van der Waals surface area (Å²) in [6.45, 7) is 11.9. The number of methoxy groups -OCH3 is 1. The predicted molar refractivity (Wildman–Crippen MR) is 128 cm³/mol. The standard InChI is InChI=1S/C23H33NO4S2/c1-7-15(3)23(24-8-2)30-17(5)14-29-19-12-16(4)21(28-13-20(25)26-6)18-10-9-11-27-22(18)19/h7,12,17H,8-11,13-14H2,1-6H3/b15-7+,24-23?. The molecular formula is C23H33NO4S2. The van der Waals surface area contributed by atoms with Crippen molar-refractivity contribution in [2.75, 3.05) is 32.6 Å². The summed E-state index contributed by atoms with van der Waals surface area (Å²) in [5.74, 6) is 2.22. The first kappa shape index (κ1) is 24.7. The number of hydrogen-bond acceptors (Lipinski definition) is 7. The van der Waals surface area contributed by atoms with Gasteiger partial charge in [0.05, 0.1) is 23.7 Å². The van der Waals surface area contributed by atoms with Crippen molar-refractivity contribution in [1.82, 2.24) is 0 Å². The molecule has 1 heterocycles. The second-order valence-corrected chi connectivity index (χ2v) is 9.62. The van der Waals surface area contributed by atoms with Crippen molar-refractivity contribution in [2.45, 2.75) is 57.6 Å². The molecule has 0 aromatic heterocycles. The summed E-state index contributed by atoms with van der Waals surface area (Å²) in [4.78, 5) is 17.3. The van der Waals surface area contributed by atoms with E-state index in [1.54, 1.807) is 11.8 Å². The van der Waals surface area contributed by atoms with E-state index in [0.29, 0.717) is 11.9 Å². The monoisotopic (exact) mass is 451 g/mol. The zero-order valence-electron chi connectivity index (χ0n) is 18.9. The van der Waals surface area contributed by atoms with Gasteiger partial charge in [-0.05, 0) is 57.7 Å². The maximum absolute atomic E-state index is 11.5. The van der Waals surface area contributed by atoms with Gasteiger partial charge in [-0.1, -0.05) is 13.0 Å². The van der Waals surface area contributed by atoms with Gasteiger partial charge in [0, 0.05) is 23.1 Å². The second-order valence-electron chi connectivity index (χ2n) is 7.14. The molecule has 1 aromatic carbocycles. The third kappa shape index (κ3) is 6.71. The van der Waals surface area contributed by atoms with Crippen molar-refractivity contribution in [2.24, 2.45) is 4.99 Å². The first-order chi connectivity index (χ1) is 14.4. The number of fused-ring (bicyclic) bond motifs is 1. The summed E-state index contributed by atoms with van der Waals surface area (Å²) in [6.07, 6.45) is 3.95. The first-order valence-corrected chi connectivity index (χ1v) is 12.2. The molecule has 0 aliphatic carbocycles. The van der Waals surface area contributed by atoms with Gasteiger partial charge in [-0.2, -0.15) is 0 Å². The summed E-state index contributed by atoms with van der Waals surface area (Å²) >= 11 is 3.63. The van der Waals surface area contributed by atoms with Crippen LogP contribution < -0.4 is 9.47 Å². The molecule has 7 heteroatoms. The van der Waals surface area contributed by atoms with Crippen LogP contribution in [-0.4, -0.2) is 48.9 Å². The smallest absolute Gasteiger partial charge is 0.343 e. The summed E-state index contributed by atoms with van der Waals surface area (Å²) < 4.78 is 16.5. The summed E-state index contributed by atoms with van der Waals surface area (Å²) in [5, 5.41) is 1.53. The maximum Gasteiger partial charge on any atom is 0.343 e. The lowest BCUT2D eigenvalue weighted by atomic mass is 10.0. The van der Waals surface area contributed by atoms with E-state index in [1.807, 2.05) is 18.7 Å². The normalized spacial score (nSPS) is 15.3. The Labute approximate surface area is 189 Å². The van der Waals surface area contributed by atoms with E-state index in [4.69, 9.17) is 14.2 Å². The second kappa shape index (κ2) is 12.3. The van der Waals surface area contributed by atoms with Gasteiger partial charge in [0.25, 0.3) is 0 Å². The van der Waals surface area contributed by atoms with Gasteiger partial charge in [-0.3, -0.25) is 4.99 Å². The van der Waals surface area contributed by atoms with Crippen LogP contribution in [0.2, 0.25) is 0 Å². The van der Waals surface area contributed by atoms with Crippen LogP contribution in [0.1, 0.15) is 45.2 Å². The number of nitrogens with zero attached hydrogens (tertiary/aromatic N) is 1. The molecule has 0 bridgehead atoms. The molecule has 166 valence electrons.